The van der Waals surface area contributed by atoms with Crippen LogP contribution in [0.4, 0.5) is 29.3 Å². The number of aliphatic hydroxyl groups excluding tert-OH is 1. The van der Waals surface area contributed by atoms with Crippen LogP contribution in [-0.2, 0) is 25.4 Å². The van der Waals surface area contributed by atoms with Gasteiger partial charge in [0.15, 0.2) is 34.7 Å². The van der Waals surface area contributed by atoms with E-state index in [0.717, 1.165) is 12.1 Å². The molecule has 0 bridgehead atoms. The molecular formula is C31H31F3N4O9. The number of ketones is 4. The van der Waals surface area contributed by atoms with Gasteiger partial charge in [0, 0.05) is 5.92 Å². The minimum Gasteiger partial charge on any atom is -0.505 e. The van der Waals surface area contributed by atoms with Gasteiger partial charge in [-0.3, -0.25) is 28.9 Å². The highest BCUT2D eigenvalue weighted by atomic mass is 19.4. The van der Waals surface area contributed by atoms with Crippen molar-refractivity contribution in [2.75, 3.05) is 24.7 Å². The summed E-state index contributed by atoms with van der Waals surface area (Å²) in [6, 6.07) is 2.94. The molecule has 3 aliphatic rings. The number of anilines is 2. The number of carbonyl (C=O) groups excluding carboxylic acids is 6. The highest BCUT2D eigenvalue weighted by molar-refractivity contribution is 6.32. The van der Waals surface area contributed by atoms with Gasteiger partial charge < -0.3 is 31.7 Å². The molecule has 3 aliphatic carbocycles. The number of phenols is 1. The Morgan fingerprint density at radius 2 is 1.60 bits per heavy atom. The summed E-state index contributed by atoms with van der Waals surface area (Å²) in [5.41, 5.74) is -0.142. The molecule has 250 valence electrons. The number of carbonyl (C=O) groups is 6. The number of hydrogen-bond acceptors (Lipinski definition) is 10. The zero-order valence-corrected chi connectivity index (χ0v) is 25.4. The van der Waals surface area contributed by atoms with Gasteiger partial charge in [-0.25, -0.2) is 4.79 Å². The van der Waals surface area contributed by atoms with Crippen molar-refractivity contribution in [2.24, 2.45) is 29.4 Å². The van der Waals surface area contributed by atoms with Crippen LogP contribution in [0.25, 0.3) is 0 Å². The molecule has 2 fully saturated rings. The Morgan fingerprint density at radius 3 is 2.17 bits per heavy atom. The van der Waals surface area contributed by atoms with Crippen molar-refractivity contribution in [1.82, 2.24) is 4.90 Å². The van der Waals surface area contributed by atoms with Gasteiger partial charge in [-0.1, -0.05) is 24.6 Å². The van der Waals surface area contributed by atoms with E-state index in [1.54, 1.807) is 0 Å². The van der Waals surface area contributed by atoms with E-state index in [1.165, 1.54) is 51.0 Å². The Labute approximate surface area is 264 Å². The van der Waals surface area contributed by atoms with Crippen molar-refractivity contribution < 1.29 is 57.3 Å². The second kappa shape index (κ2) is 11.2. The van der Waals surface area contributed by atoms with E-state index in [4.69, 9.17) is 5.73 Å². The number of urea groups is 1. The van der Waals surface area contributed by atoms with Crippen molar-refractivity contribution in [3.05, 3.63) is 52.6 Å². The molecule has 0 heterocycles. The Morgan fingerprint density at radius 1 is 1.00 bits per heavy atom. The van der Waals surface area contributed by atoms with Gasteiger partial charge in [-0.2, -0.15) is 13.2 Å². The average Bonchev–Trinajstić information content (AvgIpc) is 2.96. The van der Waals surface area contributed by atoms with Crippen LogP contribution in [0, 0.1) is 30.6 Å². The molecule has 16 heteroatoms. The van der Waals surface area contributed by atoms with E-state index in [2.05, 4.69) is 10.6 Å². The number of rotatable bonds is 4. The van der Waals surface area contributed by atoms with Gasteiger partial charge in [0.25, 0.3) is 0 Å². The second-order valence-electron chi connectivity index (χ2n) is 12.4. The van der Waals surface area contributed by atoms with Crippen molar-refractivity contribution in [2.45, 2.75) is 43.7 Å². The van der Waals surface area contributed by atoms with Crippen LogP contribution in [0.1, 0.15) is 39.9 Å². The molecular weight excluding hydrogens is 629 g/mol. The van der Waals surface area contributed by atoms with Crippen molar-refractivity contribution in [3.8, 4) is 5.75 Å². The van der Waals surface area contributed by atoms with Crippen LogP contribution >= 0.6 is 0 Å². The largest absolute Gasteiger partial charge is 0.505 e. The van der Waals surface area contributed by atoms with Crippen LogP contribution in [-0.4, -0.2) is 87.1 Å². The Hall–Kier alpha value is -4.67. The molecule has 2 unspecified atom stereocenters. The monoisotopic (exact) mass is 660 g/mol. The van der Waals surface area contributed by atoms with Gasteiger partial charge in [0.1, 0.15) is 5.75 Å². The number of nitrogens with zero attached hydrogens (tertiary/aromatic N) is 1. The van der Waals surface area contributed by atoms with E-state index < -0.39 is 117 Å². The van der Waals surface area contributed by atoms with E-state index in [-0.39, 0.29) is 11.1 Å². The van der Waals surface area contributed by atoms with Crippen LogP contribution in [0.3, 0.4) is 0 Å². The lowest BCUT2D eigenvalue weighted by Gasteiger charge is -2.56. The predicted octanol–water partition coefficient (Wildman–Crippen LogP) is 1.37. The number of aromatic hydroxyl groups is 1. The van der Waals surface area contributed by atoms with E-state index in [0.29, 0.717) is 0 Å². The molecule has 47 heavy (non-hydrogen) atoms. The number of amides is 3. The molecule has 0 spiro atoms. The molecule has 13 nitrogen and oxygen atoms in total. The summed E-state index contributed by atoms with van der Waals surface area (Å²) in [5, 5.41) is 38.7. The van der Waals surface area contributed by atoms with Gasteiger partial charge in [0.05, 0.1) is 46.5 Å². The quantitative estimate of drug-likeness (QED) is 0.205. The molecule has 5 rings (SSSR count). The number of Topliss-reactive ketones (excluding diaryl/α,β-unsaturated/α-hetero) is 4. The summed E-state index contributed by atoms with van der Waals surface area (Å²) >= 11 is 0. The zero-order valence-electron chi connectivity index (χ0n) is 25.4. The Balaban J connectivity index is 1.54. The number of halogens is 3. The summed E-state index contributed by atoms with van der Waals surface area (Å²) in [7, 11) is 2.74. The number of benzene rings is 2. The SMILES string of the molecule is Cc1ccc(NC(=O)Nc2ccc3c(c2O)C(=O)C2C(=O)[C@@]4(O)C(=O)C(C(N)=O)C(=O)[C@H](N(C)C)[C@H]4[C@H](O)[C@H]2[C@@H]3C)c(C(F)(F)F)c1. The first kappa shape index (κ1) is 33.7. The zero-order chi connectivity index (χ0) is 35.1. The fraction of sp³-hybridized carbons (Fsp3) is 0.419. The van der Waals surface area contributed by atoms with E-state index in [1.807, 2.05) is 0 Å². The molecule has 2 aromatic rings. The topological polar surface area (TPSA) is 216 Å². The third-order valence-electron chi connectivity index (χ3n) is 9.47. The second-order valence-corrected chi connectivity index (χ2v) is 12.4. The molecule has 0 aliphatic heterocycles. The molecule has 2 saturated carbocycles. The molecule has 0 radical (unpaired) electrons. The van der Waals surface area contributed by atoms with Gasteiger partial charge in [-0.05, 0) is 50.7 Å². The average molecular weight is 661 g/mol. The maximum absolute atomic E-state index is 14.1. The predicted molar refractivity (Wildman–Crippen MR) is 156 cm³/mol. The number of nitrogens with one attached hydrogen (secondary N) is 2. The summed E-state index contributed by atoms with van der Waals surface area (Å²) in [6.07, 6.45) is -6.63. The fourth-order valence-electron chi connectivity index (χ4n) is 7.37. The first-order valence-electron chi connectivity index (χ1n) is 14.4. The third kappa shape index (κ3) is 4.98. The number of alkyl halides is 3. The lowest BCUT2D eigenvalue weighted by molar-refractivity contribution is -0.196. The maximum atomic E-state index is 14.1. The summed E-state index contributed by atoms with van der Waals surface area (Å²) in [5.74, 6) is -15.6. The fourth-order valence-corrected chi connectivity index (χ4v) is 7.37. The number of aryl methyl sites for hydroxylation is 1. The third-order valence-corrected chi connectivity index (χ3v) is 9.47. The highest BCUT2D eigenvalue weighted by Crippen LogP contribution is 2.55. The standard InChI is InChI=1S/C31H31F3N4O9/c1-10-5-7-14(13(9-10)31(32,33)34)36-29(46)37-15-8-6-12-11(2)16-18(23(40)17(12)22(15)39)26(43)30(47)20(24(16)41)21(38(3)4)25(42)19(27(30)44)28(35)45/h5-9,11,16,18-21,24,39,41,47H,1-4H3,(H2,35,45)(H2,36,37,46)/t11-,16+,18?,19?,20+,21-,24-,30-/m1/s1. The van der Waals surface area contributed by atoms with Crippen LogP contribution in [0.15, 0.2) is 30.3 Å². The van der Waals surface area contributed by atoms with E-state index >= 15 is 0 Å². The first-order valence-corrected chi connectivity index (χ1v) is 14.4. The van der Waals surface area contributed by atoms with Gasteiger partial charge in [-0.15, -0.1) is 0 Å². The number of hydrogen-bond donors (Lipinski definition) is 6. The van der Waals surface area contributed by atoms with E-state index in [9.17, 15) is 57.3 Å². The summed E-state index contributed by atoms with van der Waals surface area (Å²) in [4.78, 5) is 80.9. The van der Waals surface area contributed by atoms with Crippen LogP contribution < -0.4 is 16.4 Å². The summed E-state index contributed by atoms with van der Waals surface area (Å²) < 4.78 is 40.7. The molecule has 7 N–H and O–H groups in total. The van der Waals surface area contributed by atoms with Crippen molar-refractivity contribution in [1.29, 1.82) is 0 Å². The number of likely N-dealkylation sites (N-methyl/N-ethyl adjacent to an activating group) is 1. The first-order chi connectivity index (χ1) is 21.7. The highest BCUT2D eigenvalue weighted by Gasteiger charge is 2.72. The minimum absolute atomic E-state index is 0.111. The van der Waals surface area contributed by atoms with Crippen LogP contribution in [0.2, 0.25) is 0 Å². The number of nitrogens with two attached hydrogens (primary N) is 1. The lowest BCUT2D eigenvalue weighted by Crippen LogP contribution is -2.77. The maximum Gasteiger partial charge on any atom is 0.418 e. The Bertz CT molecular complexity index is 1760. The number of primary amides is 1. The van der Waals surface area contributed by atoms with Crippen molar-refractivity contribution >= 4 is 46.4 Å². The van der Waals surface area contributed by atoms with Gasteiger partial charge >= 0.3 is 12.2 Å². The molecule has 2 aromatic carbocycles. The number of aliphatic hydroxyl groups is 2. The number of fused-ring (bicyclic) bond motifs is 3. The van der Waals surface area contributed by atoms with Crippen LogP contribution in [0.5, 0.6) is 5.75 Å². The molecule has 0 saturated heterocycles. The minimum atomic E-state index is -4.81. The molecule has 3 amide bonds. The lowest BCUT2D eigenvalue weighted by atomic mass is 9.49. The smallest absolute Gasteiger partial charge is 0.418 e. The van der Waals surface area contributed by atoms with Gasteiger partial charge in [0.2, 0.25) is 5.91 Å². The normalized spacial score (nSPS) is 30.4. The summed E-state index contributed by atoms with van der Waals surface area (Å²) in [6.45, 7) is 2.93. The molecule has 8 atom stereocenters. The number of phenolic OH excluding ortho intramolecular Hbond substituents is 1. The molecule has 0 aromatic heterocycles. The Kier molecular flexibility index (Phi) is 8.06. The van der Waals surface area contributed by atoms with Crippen molar-refractivity contribution in [3.63, 3.8) is 0 Å².